The Kier molecular flexibility index (Phi) is 3.69. The highest BCUT2D eigenvalue weighted by Crippen LogP contribution is 2.35. The van der Waals surface area contributed by atoms with Gasteiger partial charge in [-0.3, -0.25) is 4.99 Å². The van der Waals surface area contributed by atoms with E-state index >= 15 is 0 Å². The topological polar surface area (TPSA) is 50.8 Å². The fraction of sp³-hybridized carbons (Fsp3) is 0.533. The van der Waals surface area contributed by atoms with E-state index in [0.29, 0.717) is 18.5 Å². The summed E-state index contributed by atoms with van der Waals surface area (Å²) >= 11 is 0. The van der Waals surface area contributed by atoms with E-state index in [1.807, 2.05) is 12.1 Å². The molecule has 2 N–H and O–H groups in total. The molecule has 0 bridgehead atoms. The van der Waals surface area contributed by atoms with Crippen LogP contribution in [0.5, 0.6) is 5.75 Å². The van der Waals surface area contributed by atoms with Gasteiger partial charge in [-0.25, -0.2) is 0 Å². The normalized spacial score (nSPS) is 24.2. The number of guanidine groups is 1. The standard InChI is InChI=1S/C15H23N3O/c1-5-11(2)18-14(16)17-10-15(18,3)12-6-8-13(19-4)9-7-12/h6-9,11H,5,10H2,1-4H3,(H2,16,17). The Morgan fingerprint density at radius 1 is 1.42 bits per heavy atom. The lowest BCUT2D eigenvalue weighted by Crippen LogP contribution is -2.51. The molecule has 0 aliphatic carbocycles. The Morgan fingerprint density at radius 3 is 2.58 bits per heavy atom. The fourth-order valence-electron chi connectivity index (χ4n) is 2.72. The van der Waals surface area contributed by atoms with Crippen molar-refractivity contribution in [1.29, 1.82) is 0 Å². The molecule has 4 heteroatoms. The zero-order valence-corrected chi connectivity index (χ0v) is 12.2. The molecule has 0 amide bonds. The minimum Gasteiger partial charge on any atom is -0.497 e. The number of nitrogens with two attached hydrogens (primary N) is 1. The van der Waals surface area contributed by atoms with Crippen molar-refractivity contribution in [2.24, 2.45) is 10.7 Å². The van der Waals surface area contributed by atoms with Crippen LogP contribution in [0.15, 0.2) is 29.3 Å². The maximum atomic E-state index is 6.08. The summed E-state index contributed by atoms with van der Waals surface area (Å²) in [4.78, 5) is 6.68. The Balaban J connectivity index is 2.35. The van der Waals surface area contributed by atoms with E-state index in [-0.39, 0.29) is 5.54 Å². The van der Waals surface area contributed by atoms with Gasteiger partial charge in [-0.2, -0.15) is 0 Å². The van der Waals surface area contributed by atoms with Gasteiger partial charge in [0, 0.05) is 6.04 Å². The molecule has 0 saturated carbocycles. The maximum absolute atomic E-state index is 6.08. The first kappa shape index (κ1) is 13.7. The van der Waals surface area contributed by atoms with Gasteiger partial charge in [0.1, 0.15) is 5.75 Å². The summed E-state index contributed by atoms with van der Waals surface area (Å²) in [6, 6.07) is 8.55. The van der Waals surface area contributed by atoms with E-state index in [4.69, 9.17) is 10.5 Å². The molecule has 0 aromatic heterocycles. The Hall–Kier alpha value is -1.71. The van der Waals surface area contributed by atoms with Crippen molar-refractivity contribution in [3.05, 3.63) is 29.8 Å². The fourth-order valence-corrected chi connectivity index (χ4v) is 2.72. The molecule has 2 unspecified atom stereocenters. The Bertz CT molecular complexity index is 469. The Morgan fingerprint density at radius 2 is 2.05 bits per heavy atom. The highest BCUT2D eigenvalue weighted by Gasteiger charge is 2.41. The summed E-state index contributed by atoms with van der Waals surface area (Å²) in [5.41, 5.74) is 7.13. The van der Waals surface area contributed by atoms with E-state index in [1.54, 1.807) is 7.11 Å². The van der Waals surface area contributed by atoms with Crippen molar-refractivity contribution >= 4 is 5.96 Å². The van der Waals surface area contributed by atoms with E-state index in [9.17, 15) is 0 Å². The largest absolute Gasteiger partial charge is 0.497 e. The summed E-state index contributed by atoms with van der Waals surface area (Å²) < 4.78 is 5.21. The van der Waals surface area contributed by atoms with Gasteiger partial charge in [-0.1, -0.05) is 19.1 Å². The van der Waals surface area contributed by atoms with Crippen molar-refractivity contribution < 1.29 is 4.74 Å². The van der Waals surface area contributed by atoms with Crippen LogP contribution in [-0.2, 0) is 5.54 Å². The van der Waals surface area contributed by atoms with Gasteiger partial charge in [0.25, 0.3) is 0 Å². The second-order valence-corrected chi connectivity index (χ2v) is 5.30. The van der Waals surface area contributed by atoms with E-state index in [2.05, 4.69) is 42.8 Å². The van der Waals surface area contributed by atoms with Gasteiger partial charge < -0.3 is 15.4 Å². The average Bonchev–Trinajstić information content (AvgIpc) is 2.75. The molecule has 1 aromatic carbocycles. The first-order chi connectivity index (χ1) is 9.02. The van der Waals surface area contributed by atoms with Crippen LogP contribution in [0.25, 0.3) is 0 Å². The number of hydrogen-bond donors (Lipinski definition) is 1. The quantitative estimate of drug-likeness (QED) is 0.905. The molecule has 1 aliphatic rings. The first-order valence-corrected chi connectivity index (χ1v) is 6.76. The average molecular weight is 261 g/mol. The second-order valence-electron chi connectivity index (χ2n) is 5.30. The molecule has 1 heterocycles. The van der Waals surface area contributed by atoms with Crippen molar-refractivity contribution in [3.8, 4) is 5.75 Å². The molecule has 4 nitrogen and oxygen atoms in total. The third-order valence-electron chi connectivity index (χ3n) is 4.07. The second kappa shape index (κ2) is 5.11. The van der Waals surface area contributed by atoms with Crippen LogP contribution in [0.4, 0.5) is 0 Å². The van der Waals surface area contributed by atoms with Crippen LogP contribution in [-0.4, -0.2) is 30.6 Å². The minimum absolute atomic E-state index is 0.161. The molecule has 2 rings (SSSR count). The smallest absolute Gasteiger partial charge is 0.192 e. The maximum Gasteiger partial charge on any atom is 0.192 e. The molecule has 19 heavy (non-hydrogen) atoms. The van der Waals surface area contributed by atoms with Crippen LogP contribution in [0, 0.1) is 0 Å². The minimum atomic E-state index is -0.161. The molecule has 0 spiro atoms. The number of hydrogen-bond acceptors (Lipinski definition) is 4. The SMILES string of the molecule is CCC(C)N1C(N)=NCC1(C)c1ccc(OC)cc1. The molecular weight excluding hydrogens is 238 g/mol. The zero-order chi connectivity index (χ0) is 14.0. The van der Waals surface area contributed by atoms with E-state index in [0.717, 1.165) is 12.2 Å². The lowest BCUT2D eigenvalue weighted by atomic mass is 9.89. The van der Waals surface area contributed by atoms with Gasteiger partial charge in [-0.15, -0.1) is 0 Å². The van der Waals surface area contributed by atoms with E-state index in [1.165, 1.54) is 5.56 Å². The van der Waals surface area contributed by atoms with Crippen LogP contribution >= 0.6 is 0 Å². The number of benzene rings is 1. The molecule has 0 radical (unpaired) electrons. The third kappa shape index (κ3) is 2.27. The number of rotatable bonds is 4. The van der Waals surface area contributed by atoms with Crippen molar-refractivity contribution in [2.45, 2.75) is 38.8 Å². The van der Waals surface area contributed by atoms with E-state index < -0.39 is 0 Å². The zero-order valence-electron chi connectivity index (χ0n) is 12.2. The van der Waals surface area contributed by atoms with Crippen LogP contribution in [0.3, 0.4) is 0 Å². The molecule has 0 fully saturated rings. The summed E-state index contributed by atoms with van der Waals surface area (Å²) in [6.07, 6.45) is 1.04. The molecule has 1 aromatic rings. The van der Waals surface area contributed by atoms with Crippen LogP contribution < -0.4 is 10.5 Å². The van der Waals surface area contributed by atoms with Crippen LogP contribution in [0.2, 0.25) is 0 Å². The number of methoxy groups -OCH3 is 1. The number of nitrogens with zero attached hydrogens (tertiary/aromatic N) is 2. The lowest BCUT2D eigenvalue weighted by molar-refractivity contribution is 0.171. The predicted molar refractivity (Wildman–Crippen MR) is 78.4 cm³/mol. The van der Waals surface area contributed by atoms with Crippen LogP contribution in [0.1, 0.15) is 32.8 Å². The molecular formula is C15H23N3O. The molecule has 1 aliphatic heterocycles. The van der Waals surface area contributed by atoms with Gasteiger partial charge in [-0.05, 0) is 38.0 Å². The molecule has 2 atom stereocenters. The molecule has 104 valence electrons. The summed E-state index contributed by atoms with van der Waals surface area (Å²) in [5, 5.41) is 0. The van der Waals surface area contributed by atoms with Crippen molar-refractivity contribution in [3.63, 3.8) is 0 Å². The van der Waals surface area contributed by atoms with Gasteiger partial charge in [0.05, 0.1) is 19.2 Å². The third-order valence-corrected chi connectivity index (χ3v) is 4.07. The Labute approximate surface area is 115 Å². The summed E-state index contributed by atoms with van der Waals surface area (Å²) in [5.74, 6) is 1.52. The molecule has 0 saturated heterocycles. The van der Waals surface area contributed by atoms with Gasteiger partial charge >= 0.3 is 0 Å². The van der Waals surface area contributed by atoms with Gasteiger partial charge in [0.15, 0.2) is 5.96 Å². The highest BCUT2D eigenvalue weighted by atomic mass is 16.5. The highest BCUT2D eigenvalue weighted by molar-refractivity contribution is 5.81. The van der Waals surface area contributed by atoms with Crippen molar-refractivity contribution in [2.75, 3.05) is 13.7 Å². The monoisotopic (exact) mass is 261 g/mol. The first-order valence-electron chi connectivity index (χ1n) is 6.76. The summed E-state index contributed by atoms with van der Waals surface area (Å²) in [6.45, 7) is 7.26. The summed E-state index contributed by atoms with van der Waals surface area (Å²) in [7, 11) is 1.68. The predicted octanol–water partition coefficient (Wildman–Crippen LogP) is 2.34. The lowest BCUT2D eigenvalue weighted by Gasteiger charge is -2.40. The number of ether oxygens (including phenoxy) is 1. The number of aliphatic imine (C=N–C) groups is 1. The van der Waals surface area contributed by atoms with Gasteiger partial charge in [0.2, 0.25) is 0 Å². The van der Waals surface area contributed by atoms with Crippen molar-refractivity contribution in [1.82, 2.24) is 4.90 Å².